The predicted molar refractivity (Wildman–Crippen MR) is 75.6 cm³/mol. The maximum absolute atomic E-state index is 9.20. The number of benzene rings is 1. The zero-order valence-electron chi connectivity index (χ0n) is 11.2. The number of rotatable bonds is 6. The van der Waals surface area contributed by atoms with E-state index in [9.17, 15) is 5.11 Å². The summed E-state index contributed by atoms with van der Waals surface area (Å²) in [5, 5.41) is 9.20. The second-order valence-corrected chi connectivity index (χ2v) is 5.43. The second kappa shape index (κ2) is 7.55. The van der Waals surface area contributed by atoms with Gasteiger partial charge in [0.2, 0.25) is 0 Å². The molecule has 1 aromatic rings. The quantitative estimate of drug-likeness (QED) is 0.781. The van der Waals surface area contributed by atoms with E-state index in [4.69, 9.17) is 0 Å². The van der Waals surface area contributed by atoms with Crippen LogP contribution in [0.15, 0.2) is 30.3 Å². The van der Waals surface area contributed by atoms with Gasteiger partial charge >= 0.3 is 0 Å². The summed E-state index contributed by atoms with van der Waals surface area (Å²) in [6.45, 7) is 3.88. The van der Waals surface area contributed by atoms with Crippen molar-refractivity contribution in [3.63, 3.8) is 0 Å². The second-order valence-electron chi connectivity index (χ2n) is 5.43. The molecule has 2 nitrogen and oxygen atoms in total. The summed E-state index contributed by atoms with van der Waals surface area (Å²) in [5.74, 6) is 0.521. The molecule has 0 aromatic heterocycles. The molecule has 2 heteroatoms. The molecule has 1 aliphatic rings. The van der Waals surface area contributed by atoms with Crippen LogP contribution in [0.1, 0.15) is 31.2 Å². The van der Waals surface area contributed by atoms with Crippen molar-refractivity contribution in [1.82, 2.24) is 4.90 Å². The number of likely N-dealkylation sites (tertiary alicyclic amines) is 1. The molecule has 1 fully saturated rings. The molecule has 1 saturated heterocycles. The Bertz CT molecular complexity index is 325. The van der Waals surface area contributed by atoms with Crippen molar-refractivity contribution in [3.8, 4) is 0 Å². The monoisotopic (exact) mass is 247 g/mol. The van der Waals surface area contributed by atoms with E-state index in [2.05, 4.69) is 35.2 Å². The number of hydrogen-bond acceptors (Lipinski definition) is 2. The van der Waals surface area contributed by atoms with Crippen molar-refractivity contribution in [2.24, 2.45) is 5.92 Å². The minimum atomic E-state index is 0.362. The summed E-state index contributed by atoms with van der Waals surface area (Å²) in [6, 6.07) is 10.7. The first-order valence-electron chi connectivity index (χ1n) is 7.25. The van der Waals surface area contributed by atoms with Crippen LogP contribution in [0.4, 0.5) is 0 Å². The smallest absolute Gasteiger partial charge is 0.0471 e. The third-order valence-electron chi connectivity index (χ3n) is 3.89. The number of aryl methyl sites for hydroxylation is 1. The van der Waals surface area contributed by atoms with Gasteiger partial charge in [0.15, 0.2) is 0 Å². The normalized spacial score (nSPS) is 21.1. The minimum Gasteiger partial charge on any atom is -0.396 e. The Labute approximate surface area is 111 Å². The highest BCUT2D eigenvalue weighted by molar-refractivity contribution is 5.14. The highest BCUT2D eigenvalue weighted by Gasteiger charge is 2.18. The summed E-state index contributed by atoms with van der Waals surface area (Å²) in [7, 11) is 0. The van der Waals surface area contributed by atoms with E-state index in [1.165, 1.54) is 50.8 Å². The van der Waals surface area contributed by atoms with Crippen LogP contribution in [0, 0.1) is 5.92 Å². The molecular weight excluding hydrogens is 222 g/mol. The van der Waals surface area contributed by atoms with E-state index in [-0.39, 0.29) is 0 Å². The highest BCUT2D eigenvalue weighted by atomic mass is 16.3. The van der Waals surface area contributed by atoms with Crippen LogP contribution in [-0.2, 0) is 6.42 Å². The number of hydrogen-bond donors (Lipinski definition) is 1. The lowest BCUT2D eigenvalue weighted by molar-refractivity contribution is 0.119. The molecule has 18 heavy (non-hydrogen) atoms. The average Bonchev–Trinajstić information content (AvgIpc) is 2.45. The average molecular weight is 247 g/mol. The summed E-state index contributed by atoms with van der Waals surface area (Å²) in [4.78, 5) is 2.52. The molecule has 1 aliphatic heterocycles. The molecule has 1 atom stereocenters. The lowest BCUT2D eigenvalue weighted by Gasteiger charge is -2.31. The van der Waals surface area contributed by atoms with Crippen LogP contribution >= 0.6 is 0 Å². The summed E-state index contributed by atoms with van der Waals surface area (Å²) < 4.78 is 0. The van der Waals surface area contributed by atoms with Crippen LogP contribution < -0.4 is 0 Å². The standard InChI is InChI=1S/C16H25NO/c18-14-16-10-6-12-17(13-16)11-5-4-9-15-7-2-1-3-8-15/h1-3,7-8,16,18H,4-6,9-14H2. The first kappa shape index (κ1) is 13.6. The van der Waals surface area contributed by atoms with Crippen molar-refractivity contribution < 1.29 is 5.11 Å². The van der Waals surface area contributed by atoms with Gasteiger partial charge in [0.05, 0.1) is 0 Å². The Morgan fingerprint density at radius 1 is 1.17 bits per heavy atom. The maximum Gasteiger partial charge on any atom is 0.0471 e. The predicted octanol–water partition coefficient (Wildman–Crippen LogP) is 2.71. The zero-order valence-corrected chi connectivity index (χ0v) is 11.2. The van der Waals surface area contributed by atoms with Crippen molar-refractivity contribution in [2.75, 3.05) is 26.2 Å². The molecule has 1 unspecified atom stereocenters. The van der Waals surface area contributed by atoms with Gasteiger partial charge in [0, 0.05) is 13.2 Å². The van der Waals surface area contributed by atoms with Crippen LogP contribution in [0.5, 0.6) is 0 Å². The largest absolute Gasteiger partial charge is 0.396 e. The van der Waals surface area contributed by atoms with Gasteiger partial charge in [-0.3, -0.25) is 0 Å². The minimum absolute atomic E-state index is 0.362. The Morgan fingerprint density at radius 3 is 2.78 bits per heavy atom. The highest BCUT2D eigenvalue weighted by Crippen LogP contribution is 2.16. The van der Waals surface area contributed by atoms with Crippen LogP contribution in [0.25, 0.3) is 0 Å². The van der Waals surface area contributed by atoms with Gasteiger partial charge in [-0.05, 0) is 56.7 Å². The molecular formula is C16H25NO. The molecule has 1 N–H and O–H groups in total. The zero-order chi connectivity index (χ0) is 12.6. The topological polar surface area (TPSA) is 23.5 Å². The third kappa shape index (κ3) is 4.43. The number of nitrogens with zero attached hydrogens (tertiary/aromatic N) is 1. The van der Waals surface area contributed by atoms with Crippen LogP contribution in [-0.4, -0.2) is 36.2 Å². The van der Waals surface area contributed by atoms with E-state index in [0.29, 0.717) is 12.5 Å². The fourth-order valence-electron chi connectivity index (χ4n) is 2.81. The maximum atomic E-state index is 9.20. The van der Waals surface area contributed by atoms with Gasteiger partial charge in [-0.1, -0.05) is 30.3 Å². The van der Waals surface area contributed by atoms with Gasteiger partial charge in [-0.25, -0.2) is 0 Å². The Kier molecular flexibility index (Phi) is 5.69. The van der Waals surface area contributed by atoms with E-state index >= 15 is 0 Å². The van der Waals surface area contributed by atoms with Crippen molar-refractivity contribution >= 4 is 0 Å². The van der Waals surface area contributed by atoms with Crippen molar-refractivity contribution in [2.45, 2.75) is 32.1 Å². The Hall–Kier alpha value is -0.860. The van der Waals surface area contributed by atoms with E-state index in [0.717, 1.165) is 6.54 Å². The molecule has 100 valence electrons. The summed E-state index contributed by atoms with van der Waals surface area (Å²) in [5.41, 5.74) is 1.45. The number of piperidine rings is 1. The SMILES string of the molecule is OCC1CCCN(CCCCc2ccccc2)C1. The third-order valence-corrected chi connectivity index (χ3v) is 3.89. The van der Waals surface area contributed by atoms with Gasteiger partial charge < -0.3 is 10.0 Å². The van der Waals surface area contributed by atoms with E-state index in [1.807, 2.05) is 0 Å². The first-order valence-corrected chi connectivity index (χ1v) is 7.25. The van der Waals surface area contributed by atoms with Gasteiger partial charge in [-0.2, -0.15) is 0 Å². The molecule has 0 radical (unpaired) electrons. The molecule has 2 rings (SSSR count). The van der Waals surface area contributed by atoms with E-state index in [1.54, 1.807) is 0 Å². The van der Waals surface area contributed by atoms with Gasteiger partial charge in [-0.15, -0.1) is 0 Å². The molecule has 0 spiro atoms. The molecule has 0 amide bonds. The Balaban J connectivity index is 1.60. The molecule has 1 heterocycles. The van der Waals surface area contributed by atoms with Crippen molar-refractivity contribution in [1.29, 1.82) is 0 Å². The lowest BCUT2D eigenvalue weighted by Crippen LogP contribution is -2.37. The van der Waals surface area contributed by atoms with Crippen LogP contribution in [0.3, 0.4) is 0 Å². The van der Waals surface area contributed by atoms with E-state index < -0.39 is 0 Å². The van der Waals surface area contributed by atoms with Crippen LogP contribution in [0.2, 0.25) is 0 Å². The van der Waals surface area contributed by atoms with Gasteiger partial charge in [0.25, 0.3) is 0 Å². The first-order chi connectivity index (χ1) is 8.88. The molecule has 0 aliphatic carbocycles. The van der Waals surface area contributed by atoms with Gasteiger partial charge in [0.1, 0.15) is 0 Å². The summed E-state index contributed by atoms with van der Waals surface area (Å²) >= 11 is 0. The summed E-state index contributed by atoms with van der Waals surface area (Å²) in [6.07, 6.45) is 6.19. The Morgan fingerprint density at radius 2 is 2.00 bits per heavy atom. The fourth-order valence-corrected chi connectivity index (χ4v) is 2.81. The number of unbranched alkanes of at least 4 members (excludes halogenated alkanes) is 1. The molecule has 1 aromatic carbocycles. The lowest BCUT2D eigenvalue weighted by atomic mass is 9.98. The molecule has 0 saturated carbocycles. The number of aliphatic hydroxyl groups excluding tert-OH is 1. The number of aliphatic hydroxyl groups is 1. The van der Waals surface area contributed by atoms with Crippen molar-refractivity contribution in [3.05, 3.63) is 35.9 Å². The fraction of sp³-hybridized carbons (Fsp3) is 0.625. The molecule has 0 bridgehead atoms.